The topological polar surface area (TPSA) is 31.9 Å². The summed E-state index contributed by atoms with van der Waals surface area (Å²) in [7, 11) is 0. The SMILES string of the molecule is Fc1cnc2[nH]cc(CCN(CC(F)(F)F)C3CC3)c2c1. The highest BCUT2D eigenvalue weighted by molar-refractivity contribution is 5.79. The third-order valence-corrected chi connectivity index (χ3v) is 3.70. The lowest BCUT2D eigenvalue weighted by Crippen LogP contribution is -2.37. The maximum Gasteiger partial charge on any atom is 0.401 e. The number of nitrogens with zero attached hydrogens (tertiary/aromatic N) is 2. The molecule has 114 valence electrons. The first kappa shape index (κ1) is 14.3. The number of H-pyrrole nitrogens is 1. The average molecular weight is 301 g/mol. The molecule has 0 amide bonds. The molecule has 0 aliphatic heterocycles. The van der Waals surface area contributed by atoms with Crippen LogP contribution in [0.25, 0.3) is 11.0 Å². The minimum absolute atomic E-state index is 0.0340. The molecular weight excluding hydrogens is 286 g/mol. The molecule has 7 heteroatoms. The third kappa shape index (κ3) is 3.53. The van der Waals surface area contributed by atoms with E-state index in [2.05, 4.69) is 9.97 Å². The maximum atomic E-state index is 13.2. The van der Waals surface area contributed by atoms with Crippen LogP contribution in [0, 0.1) is 5.82 Å². The van der Waals surface area contributed by atoms with E-state index in [0.29, 0.717) is 24.0 Å². The summed E-state index contributed by atoms with van der Waals surface area (Å²) in [6.07, 6.45) is 0.701. The summed E-state index contributed by atoms with van der Waals surface area (Å²) < 4.78 is 50.9. The fraction of sp³-hybridized carbons (Fsp3) is 0.500. The van der Waals surface area contributed by atoms with Crippen molar-refractivity contribution in [2.75, 3.05) is 13.1 Å². The van der Waals surface area contributed by atoms with Gasteiger partial charge in [-0.25, -0.2) is 9.37 Å². The van der Waals surface area contributed by atoms with Crippen LogP contribution in [-0.4, -0.2) is 40.2 Å². The van der Waals surface area contributed by atoms with Crippen LogP contribution in [0.4, 0.5) is 17.6 Å². The number of fused-ring (bicyclic) bond motifs is 1. The smallest absolute Gasteiger partial charge is 0.346 e. The van der Waals surface area contributed by atoms with Crippen molar-refractivity contribution < 1.29 is 17.6 Å². The van der Waals surface area contributed by atoms with E-state index in [0.717, 1.165) is 24.6 Å². The summed E-state index contributed by atoms with van der Waals surface area (Å²) in [5, 5.41) is 0.637. The molecule has 3 rings (SSSR count). The molecule has 1 aliphatic rings. The summed E-state index contributed by atoms with van der Waals surface area (Å²) >= 11 is 0. The fourth-order valence-corrected chi connectivity index (χ4v) is 2.56. The van der Waals surface area contributed by atoms with Crippen molar-refractivity contribution in [2.45, 2.75) is 31.5 Å². The van der Waals surface area contributed by atoms with E-state index in [4.69, 9.17) is 0 Å². The van der Waals surface area contributed by atoms with E-state index in [1.807, 2.05) is 0 Å². The van der Waals surface area contributed by atoms with E-state index in [1.165, 1.54) is 11.0 Å². The minimum atomic E-state index is -4.18. The molecule has 2 aromatic heterocycles. The van der Waals surface area contributed by atoms with E-state index in [9.17, 15) is 17.6 Å². The van der Waals surface area contributed by atoms with Crippen molar-refractivity contribution in [3.63, 3.8) is 0 Å². The standard InChI is InChI=1S/C14H15F4N3/c15-10-5-12-9(6-19-13(12)20-7-10)3-4-21(11-1-2-11)8-14(16,17)18/h5-7,11H,1-4,8H2,(H,19,20). The Morgan fingerprint density at radius 3 is 2.76 bits per heavy atom. The third-order valence-electron chi connectivity index (χ3n) is 3.70. The Morgan fingerprint density at radius 2 is 2.10 bits per heavy atom. The molecule has 2 aromatic rings. The van der Waals surface area contributed by atoms with Gasteiger partial charge in [-0.3, -0.25) is 4.90 Å². The highest BCUT2D eigenvalue weighted by Crippen LogP contribution is 2.30. The Labute approximate surface area is 119 Å². The Bertz CT molecular complexity index is 631. The molecule has 21 heavy (non-hydrogen) atoms. The van der Waals surface area contributed by atoms with Gasteiger partial charge in [-0.15, -0.1) is 0 Å². The second-order valence-corrected chi connectivity index (χ2v) is 5.43. The summed E-state index contributed by atoms with van der Waals surface area (Å²) in [5.41, 5.74) is 1.35. The van der Waals surface area contributed by atoms with Crippen LogP contribution < -0.4 is 0 Å². The Balaban J connectivity index is 1.71. The molecule has 1 saturated carbocycles. The second kappa shape index (κ2) is 5.29. The predicted molar refractivity (Wildman–Crippen MR) is 70.4 cm³/mol. The van der Waals surface area contributed by atoms with Gasteiger partial charge >= 0.3 is 6.18 Å². The van der Waals surface area contributed by atoms with Crippen molar-refractivity contribution in [1.29, 1.82) is 0 Å². The van der Waals surface area contributed by atoms with Gasteiger partial charge in [0.2, 0.25) is 0 Å². The highest BCUT2D eigenvalue weighted by Gasteiger charge is 2.37. The molecule has 2 heterocycles. The summed E-state index contributed by atoms with van der Waals surface area (Å²) in [6.45, 7) is -0.569. The van der Waals surface area contributed by atoms with Crippen molar-refractivity contribution >= 4 is 11.0 Å². The molecule has 1 fully saturated rings. The number of nitrogens with one attached hydrogen (secondary N) is 1. The van der Waals surface area contributed by atoms with Crippen molar-refractivity contribution in [3.05, 3.63) is 29.8 Å². The van der Waals surface area contributed by atoms with Crippen molar-refractivity contribution in [3.8, 4) is 0 Å². The van der Waals surface area contributed by atoms with Gasteiger partial charge in [-0.1, -0.05) is 0 Å². The molecule has 0 atom stereocenters. The quantitative estimate of drug-likeness (QED) is 0.860. The van der Waals surface area contributed by atoms with Crippen molar-refractivity contribution in [2.24, 2.45) is 0 Å². The van der Waals surface area contributed by atoms with Crippen LogP contribution in [0.1, 0.15) is 18.4 Å². The van der Waals surface area contributed by atoms with Gasteiger partial charge in [0.25, 0.3) is 0 Å². The molecule has 0 saturated heterocycles. The molecule has 0 aromatic carbocycles. The van der Waals surface area contributed by atoms with Gasteiger partial charge in [0, 0.05) is 24.2 Å². The number of aromatic nitrogens is 2. The van der Waals surface area contributed by atoms with Crippen LogP contribution >= 0.6 is 0 Å². The maximum absolute atomic E-state index is 13.2. The first-order valence-corrected chi connectivity index (χ1v) is 6.85. The monoisotopic (exact) mass is 301 g/mol. The van der Waals surface area contributed by atoms with Gasteiger partial charge in [-0.2, -0.15) is 13.2 Å². The number of halogens is 4. The molecule has 0 radical (unpaired) electrons. The normalized spacial score (nSPS) is 16.0. The lowest BCUT2D eigenvalue weighted by atomic mass is 10.1. The molecule has 0 spiro atoms. The first-order valence-electron chi connectivity index (χ1n) is 6.85. The molecule has 0 unspecified atom stereocenters. The first-order chi connectivity index (χ1) is 9.92. The van der Waals surface area contributed by atoms with Crippen LogP contribution in [0.2, 0.25) is 0 Å². The van der Waals surface area contributed by atoms with E-state index in [-0.39, 0.29) is 6.04 Å². The number of hydrogen-bond donors (Lipinski definition) is 1. The fourth-order valence-electron chi connectivity index (χ4n) is 2.56. The average Bonchev–Trinajstić information content (AvgIpc) is 3.16. The Morgan fingerprint density at radius 1 is 1.33 bits per heavy atom. The van der Waals surface area contributed by atoms with Gasteiger partial charge < -0.3 is 4.98 Å². The zero-order chi connectivity index (χ0) is 15.0. The van der Waals surface area contributed by atoms with E-state index in [1.54, 1.807) is 6.20 Å². The molecule has 1 N–H and O–H groups in total. The second-order valence-electron chi connectivity index (χ2n) is 5.43. The van der Waals surface area contributed by atoms with Gasteiger partial charge in [0.05, 0.1) is 12.7 Å². The predicted octanol–water partition coefficient (Wildman–Crippen LogP) is 3.27. The Kier molecular flexibility index (Phi) is 3.61. The zero-order valence-corrected chi connectivity index (χ0v) is 11.3. The molecular formula is C14H15F4N3. The van der Waals surface area contributed by atoms with Crippen molar-refractivity contribution in [1.82, 2.24) is 14.9 Å². The van der Waals surface area contributed by atoms with Gasteiger partial charge in [0.15, 0.2) is 0 Å². The lowest BCUT2D eigenvalue weighted by molar-refractivity contribution is -0.147. The minimum Gasteiger partial charge on any atom is -0.346 e. The summed E-state index contributed by atoms with van der Waals surface area (Å²) in [6, 6.07) is 1.39. The zero-order valence-electron chi connectivity index (χ0n) is 11.3. The van der Waals surface area contributed by atoms with E-state index < -0.39 is 18.5 Å². The van der Waals surface area contributed by atoms with E-state index >= 15 is 0 Å². The number of aromatic amines is 1. The lowest BCUT2D eigenvalue weighted by Gasteiger charge is -2.23. The number of alkyl halides is 3. The number of pyridine rings is 1. The summed E-state index contributed by atoms with van der Waals surface area (Å²) in [4.78, 5) is 8.29. The van der Waals surface area contributed by atoms with Crippen LogP contribution in [-0.2, 0) is 6.42 Å². The van der Waals surface area contributed by atoms with Crippen LogP contribution in [0.15, 0.2) is 18.5 Å². The number of hydrogen-bond acceptors (Lipinski definition) is 2. The molecule has 3 nitrogen and oxygen atoms in total. The van der Waals surface area contributed by atoms with Gasteiger partial charge in [-0.05, 0) is 30.9 Å². The Hall–Kier alpha value is -1.63. The van der Waals surface area contributed by atoms with Gasteiger partial charge in [0.1, 0.15) is 11.5 Å². The number of rotatable bonds is 5. The molecule has 1 aliphatic carbocycles. The largest absolute Gasteiger partial charge is 0.401 e. The van der Waals surface area contributed by atoms with Crippen LogP contribution in [0.5, 0.6) is 0 Å². The highest BCUT2D eigenvalue weighted by atomic mass is 19.4. The van der Waals surface area contributed by atoms with Crippen LogP contribution in [0.3, 0.4) is 0 Å². The summed E-state index contributed by atoms with van der Waals surface area (Å²) in [5.74, 6) is -0.447. The molecule has 0 bridgehead atoms.